The summed E-state index contributed by atoms with van der Waals surface area (Å²) in [5, 5.41) is 0.702. The minimum absolute atomic E-state index is 0.0403. The molecule has 0 aliphatic carbocycles. The van der Waals surface area contributed by atoms with E-state index in [1.165, 1.54) is 17.3 Å². The van der Waals surface area contributed by atoms with Crippen molar-refractivity contribution in [2.75, 3.05) is 7.11 Å². The number of rotatable bonds is 3. The Morgan fingerprint density at radius 3 is 2.55 bits per heavy atom. The highest BCUT2D eigenvalue weighted by Gasteiger charge is 2.23. The van der Waals surface area contributed by atoms with Crippen LogP contribution < -0.4 is 4.74 Å². The van der Waals surface area contributed by atoms with Gasteiger partial charge in [-0.2, -0.15) is 0 Å². The molecule has 1 heterocycles. The summed E-state index contributed by atoms with van der Waals surface area (Å²) < 4.78 is 5.30. The van der Waals surface area contributed by atoms with Crippen LogP contribution in [0.2, 0.25) is 0 Å². The number of hydrogen-bond acceptors (Lipinski definition) is 4. The van der Waals surface area contributed by atoms with E-state index in [1.54, 1.807) is 13.2 Å². The van der Waals surface area contributed by atoms with Gasteiger partial charge in [0.15, 0.2) is 0 Å². The van der Waals surface area contributed by atoms with Gasteiger partial charge in [0.25, 0.3) is 0 Å². The van der Waals surface area contributed by atoms with Crippen LogP contribution in [0.3, 0.4) is 0 Å². The molecule has 0 bridgehead atoms. The molecular formula is C18H15NO2S. The van der Waals surface area contributed by atoms with E-state index in [9.17, 15) is 4.79 Å². The van der Waals surface area contributed by atoms with Crippen LogP contribution in [0.15, 0.2) is 59.2 Å². The number of thioether (sulfide) groups is 1. The summed E-state index contributed by atoms with van der Waals surface area (Å²) in [7, 11) is 1.61. The predicted octanol–water partition coefficient (Wildman–Crippen LogP) is 4.06. The molecule has 22 heavy (non-hydrogen) atoms. The van der Waals surface area contributed by atoms with Crippen LogP contribution in [0.1, 0.15) is 16.7 Å². The highest BCUT2D eigenvalue weighted by Crippen LogP contribution is 2.30. The normalized spacial score (nSPS) is 16.0. The maximum absolute atomic E-state index is 12.2. The van der Waals surface area contributed by atoms with Gasteiger partial charge in [0.05, 0.1) is 7.11 Å². The molecule has 2 aromatic carbocycles. The third-order valence-corrected chi connectivity index (χ3v) is 4.27. The van der Waals surface area contributed by atoms with Gasteiger partial charge in [-0.15, -0.1) is 0 Å². The Bertz CT molecular complexity index is 776. The lowest BCUT2D eigenvalue weighted by atomic mass is 10.1. The summed E-state index contributed by atoms with van der Waals surface area (Å²) in [5.41, 5.74) is 3.45. The molecule has 1 aliphatic rings. The number of benzene rings is 2. The largest absolute Gasteiger partial charge is 0.496 e. The molecule has 3 nitrogen and oxygen atoms in total. The zero-order chi connectivity index (χ0) is 15.5. The lowest BCUT2D eigenvalue weighted by Gasteiger charge is -2.03. The van der Waals surface area contributed by atoms with Crippen LogP contribution in [0.25, 0.3) is 6.08 Å². The maximum Gasteiger partial charge on any atom is 0.244 e. The van der Waals surface area contributed by atoms with Crippen LogP contribution in [-0.2, 0) is 4.79 Å². The molecule has 110 valence electrons. The first-order valence-corrected chi connectivity index (χ1v) is 7.71. The Hall–Kier alpha value is -2.33. The fourth-order valence-corrected chi connectivity index (χ4v) is 2.94. The van der Waals surface area contributed by atoms with Crippen LogP contribution in [0.4, 0.5) is 0 Å². The summed E-state index contributed by atoms with van der Waals surface area (Å²) in [6, 6.07) is 15.6. The number of carbonyl (C=O) groups excluding carboxylic acids is 1. The summed E-state index contributed by atoms with van der Waals surface area (Å²) in [6.45, 7) is 2.03. The average Bonchev–Trinajstić information content (AvgIpc) is 2.89. The van der Waals surface area contributed by atoms with E-state index in [-0.39, 0.29) is 5.12 Å². The van der Waals surface area contributed by atoms with Crippen molar-refractivity contribution >= 4 is 28.0 Å². The number of aryl methyl sites for hydroxylation is 1. The van der Waals surface area contributed by atoms with Crippen LogP contribution in [0.5, 0.6) is 5.75 Å². The molecule has 0 aromatic heterocycles. The lowest BCUT2D eigenvalue weighted by molar-refractivity contribution is -0.107. The van der Waals surface area contributed by atoms with E-state index in [1.807, 2.05) is 55.5 Å². The fraction of sp³-hybridized carbons (Fsp3) is 0.111. The van der Waals surface area contributed by atoms with Crippen molar-refractivity contribution in [3.05, 3.63) is 70.9 Å². The molecule has 0 saturated carbocycles. The SMILES string of the molecule is COc1ccccc1/C=C1/N=C(c2ccc(C)cc2)SC1=O. The molecule has 0 fully saturated rings. The topological polar surface area (TPSA) is 38.7 Å². The van der Waals surface area contributed by atoms with Crippen molar-refractivity contribution in [2.45, 2.75) is 6.92 Å². The minimum atomic E-state index is -0.0403. The van der Waals surface area contributed by atoms with Crippen LogP contribution in [0, 0.1) is 6.92 Å². The fourth-order valence-electron chi connectivity index (χ4n) is 2.16. The van der Waals surface area contributed by atoms with Crippen LogP contribution in [-0.4, -0.2) is 17.3 Å². The van der Waals surface area contributed by atoms with Crippen molar-refractivity contribution in [3.8, 4) is 5.75 Å². The molecule has 0 radical (unpaired) electrons. The summed E-state index contributed by atoms with van der Waals surface area (Å²) in [4.78, 5) is 16.6. The molecule has 0 saturated heterocycles. The van der Waals surface area contributed by atoms with E-state index in [4.69, 9.17) is 4.74 Å². The standard InChI is InChI=1S/C18H15NO2S/c1-12-7-9-13(10-8-12)17-19-15(18(20)22-17)11-14-5-3-4-6-16(14)21-2/h3-11H,1-2H3/b15-11+. The molecule has 0 spiro atoms. The average molecular weight is 309 g/mol. The Balaban J connectivity index is 1.96. The first-order chi connectivity index (χ1) is 10.7. The molecule has 0 unspecified atom stereocenters. The Morgan fingerprint density at radius 2 is 1.82 bits per heavy atom. The monoisotopic (exact) mass is 309 g/mol. The Kier molecular flexibility index (Phi) is 4.11. The number of methoxy groups -OCH3 is 1. The predicted molar refractivity (Wildman–Crippen MR) is 91.3 cm³/mol. The zero-order valence-corrected chi connectivity index (χ0v) is 13.2. The third-order valence-electron chi connectivity index (χ3n) is 3.35. The molecule has 4 heteroatoms. The molecule has 1 aliphatic heterocycles. The Labute approximate surface area is 133 Å². The van der Waals surface area contributed by atoms with Crippen molar-refractivity contribution in [2.24, 2.45) is 4.99 Å². The van der Waals surface area contributed by atoms with Gasteiger partial charge in [0, 0.05) is 11.1 Å². The molecule has 0 amide bonds. The zero-order valence-electron chi connectivity index (χ0n) is 12.4. The first kappa shape index (κ1) is 14.6. The molecule has 2 aromatic rings. The highest BCUT2D eigenvalue weighted by molar-refractivity contribution is 8.27. The van der Waals surface area contributed by atoms with Crippen molar-refractivity contribution in [1.82, 2.24) is 0 Å². The summed E-state index contributed by atoms with van der Waals surface area (Å²) >= 11 is 1.17. The quantitative estimate of drug-likeness (QED) is 0.802. The van der Waals surface area contributed by atoms with Crippen molar-refractivity contribution in [1.29, 1.82) is 0 Å². The van der Waals surface area contributed by atoms with Gasteiger partial charge in [0.2, 0.25) is 5.12 Å². The van der Waals surface area contributed by atoms with Crippen molar-refractivity contribution in [3.63, 3.8) is 0 Å². The number of para-hydroxylation sites is 1. The van der Waals surface area contributed by atoms with E-state index >= 15 is 0 Å². The van der Waals surface area contributed by atoms with E-state index in [0.29, 0.717) is 5.70 Å². The second kappa shape index (κ2) is 6.20. The van der Waals surface area contributed by atoms with Gasteiger partial charge in [0.1, 0.15) is 16.5 Å². The molecule has 0 N–H and O–H groups in total. The molecular weight excluding hydrogens is 294 g/mol. The van der Waals surface area contributed by atoms with Gasteiger partial charge in [-0.05, 0) is 30.8 Å². The smallest absolute Gasteiger partial charge is 0.244 e. The number of carbonyl (C=O) groups is 1. The van der Waals surface area contributed by atoms with E-state index < -0.39 is 0 Å². The Morgan fingerprint density at radius 1 is 1.09 bits per heavy atom. The van der Waals surface area contributed by atoms with Gasteiger partial charge >= 0.3 is 0 Å². The van der Waals surface area contributed by atoms with E-state index in [0.717, 1.165) is 21.9 Å². The first-order valence-electron chi connectivity index (χ1n) is 6.90. The maximum atomic E-state index is 12.2. The lowest BCUT2D eigenvalue weighted by Crippen LogP contribution is -1.92. The van der Waals surface area contributed by atoms with Gasteiger partial charge in [-0.1, -0.05) is 48.0 Å². The summed E-state index contributed by atoms with van der Waals surface area (Å²) in [5.74, 6) is 0.729. The number of nitrogens with zero attached hydrogens (tertiary/aromatic N) is 1. The third kappa shape index (κ3) is 2.97. The van der Waals surface area contributed by atoms with Gasteiger partial charge in [-0.3, -0.25) is 4.79 Å². The highest BCUT2D eigenvalue weighted by atomic mass is 32.2. The molecule has 3 rings (SSSR count). The number of hydrogen-bond donors (Lipinski definition) is 0. The van der Waals surface area contributed by atoms with Gasteiger partial charge in [-0.25, -0.2) is 4.99 Å². The summed E-state index contributed by atoms with van der Waals surface area (Å²) in [6.07, 6.45) is 1.77. The molecule has 0 atom stereocenters. The second-order valence-electron chi connectivity index (χ2n) is 4.94. The van der Waals surface area contributed by atoms with Crippen molar-refractivity contribution < 1.29 is 9.53 Å². The second-order valence-corrected chi connectivity index (χ2v) is 5.91. The number of ether oxygens (including phenoxy) is 1. The minimum Gasteiger partial charge on any atom is -0.496 e. The van der Waals surface area contributed by atoms with E-state index in [2.05, 4.69) is 4.99 Å². The van der Waals surface area contributed by atoms with Crippen LogP contribution >= 0.6 is 11.8 Å². The number of aliphatic imine (C=N–C) groups is 1. The van der Waals surface area contributed by atoms with Gasteiger partial charge < -0.3 is 4.74 Å².